The van der Waals surface area contributed by atoms with Gasteiger partial charge in [0.15, 0.2) is 0 Å². The van der Waals surface area contributed by atoms with Gasteiger partial charge in [-0.05, 0) is 68.6 Å². The standard InChI is InChI=1S/C25H33N3O5/c1-18-7-8-22(33-18)17-27-11-9-20(10-12-27)25(16-19-5-4-6-21(15-19)32-3)23(29)28(13-14-31-2)24(30)26-25/h4-8,15,20H,9-14,16-17H2,1-3H3,(H,26,30). The molecule has 1 N–H and O–H groups in total. The Balaban J connectivity index is 1.54. The Labute approximate surface area is 194 Å². The summed E-state index contributed by atoms with van der Waals surface area (Å²) in [6.45, 7) is 4.94. The lowest BCUT2D eigenvalue weighted by molar-refractivity contribution is -0.134. The predicted octanol–water partition coefficient (Wildman–Crippen LogP) is 2.99. The van der Waals surface area contributed by atoms with Crippen LogP contribution in [0.15, 0.2) is 40.8 Å². The number of amides is 3. The summed E-state index contributed by atoms with van der Waals surface area (Å²) in [4.78, 5) is 30.2. The van der Waals surface area contributed by atoms with Crippen LogP contribution in [0.1, 0.15) is 29.9 Å². The second-order valence-corrected chi connectivity index (χ2v) is 8.94. The molecule has 1 aromatic heterocycles. The number of urea groups is 1. The Bertz CT molecular complexity index is 982. The number of piperidine rings is 1. The number of methoxy groups -OCH3 is 2. The van der Waals surface area contributed by atoms with Crippen LogP contribution < -0.4 is 10.1 Å². The minimum Gasteiger partial charge on any atom is -0.497 e. The number of rotatable bonds is 9. The lowest BCUT2D eigenvalue weighted by atomic mass is 9.74. The maximum absolute atomic E-state index is 13.7. The van der Waals surface area contributed by atoms with E-state index in [1.165, 1.54) is 4.90 Å². The van der Waals surface area contributed by atoms with Crippen LogP contribution in [0.25, 0.3) is 0 Å². The molecule has 0 saturated carbocycles. The maximum Gasteiger partial charge on any atom is 0.325 e. The Morgan fingerprint density at radius 2 is 1.94 bits per heavy atom. The van der Waals surface area contributed by atoms with Gasteiger partial charge < -0.3 is 19.2 Å². The number of ether oxygens (including phenoxy) is 2. The normalized spacial score (nSPS) is 22.1. The molecule has 178 valence electrons. The molecule has 3 amide bonds. The van der Waals surface area contributed by atoms with Crippen LogP contribution in [-0.2, 0) is 22.5 Å². The van der Waals surface area contributed by atoms with Gasteiger partial charge in [0, 0.05) is 13.5 Å². The minimum absolute atomic E-state index is 0.0299. The van der Waals surface area contributed by atoms with Gasteiger partial charge in [0.1, 0.15) is 22.8 Å². The van der Waals surface area contributed by atoms with Gasteiger partial charge in [-0.2, -0.15) is 0 Å². The van der Waals surface area contributed by atoms with E-state index in [9.17, 15) is 9.59 Å². The lowest BCUT2D eigenvalue weighted by Crippen LogP contribution is -2.57. The largest absolute Gasteiger partial charge is 0.497 e. The fraction of sp³-hybridized carbons (Fsp3) is 0.520. The number of nitrogens with zero attached hydrogens (tertiary/aromatic N) is 2. The number of hydrogen-bond acceptors (Lipinski definition) is 6. The van der Waals surface area contributed by atoms with E-state index in [0.717, 1.165) is 55.3 Å². The van der Waals surface area contributed by atoms with E-state index in [4.69, 9.17) is 13.9 Å². The molecule has 4 rings (SSSR count). The van der Waals surface area contributed by atoms with Crippen LogP contribution in [0, 0.1) is 12.8 Å². The smallest absolute Gasteiger partial charge is 0.325 e. The van der Waals surface area contributed by atoms with Gasteiger partial charge in [-0.1, -0.05) is 12.1 Å². The van der Waals surface area contributed by atoms with Crippen molar-refractivity contribution in [1.82, 2.24) is 15.1 Å². The molecule has 1 unspecified atom stereocenters. The fourth-order valence-electron chi connectivity index (χ4n) is 5.05. The summed E-state index contributed by atoms with van der Waals surface area (Å²) in [6, 6.07) is 11.4. The Morgan fingerprint density at radius 1 is 1.15 bits per heavy atom. The number of hydrogen-bond donors (Lipinski definition) is 1. The van der Waals surface area contributed by atoms with E-state index in [1.807, 2.05) is 43.3 Å². The molecule has 2 saturated heterocycles. The summed E-state index contributed by atoms with van der Waals surface area (Å²) < 4.78 is 16.2. The Kier molecular flexibility index (Phi) is 7.05. The lowest BCUT2D eigenvalue weighted by Gasteiger charge is -2.41. The van der Waals surface area contributed by atoms with Crippen molar-refractivity contribution < 1.29 is 23.5 Å². The monoisotopic (exact) mass is 455 g/mol. The second kappa shape index (κ2) is 9.97. The zero-order valence-electron chi connectivity index (χ0n) is 19.6. The molecule has 0 aliphatic carbocycles. The number of furan rings is 1. The molecular weight excluding hydrogens is 422 g/mol. The summed E-state index contributed by atoms with van der Waals surface area (Å²) in [5.41, 5.74) is -0.00467. The highest BCUT2D eigenvalue weighted by Gasteiger charge is 2.55. The third kappa shape index (κ3) is 4.91. The highest BCUT2D eigenvalue weighted by molar-refractivity contribution is 6.07. The van der Waals surface area contributed by atoms with E-state index in [0.29, 0.717) is 13.0 Å². The van der Waals surface area contributed by atoms with Crippen molar-refractivity contribution in [3.8, 4) is 5.75 Å². The molecule has 0 spiro atoms. The van der Waals surface area contributed by atoms with Crippen molar-refractivity contribution in [3.63, 3.8) is 0 Å². The molecule has 0 bridgehead atoms. The first-order valence-electron chi connectivity index (χ1n) is 11.5. The molecule has 0 radical (unpaired) electrons. The van der Waals surface area contributed by atoms with E-state index in [1.54, 1.807) is 14.2 Å². The quantitative estimate of drug-likeness (QED) is 0.586. The summed E-state index contributed by atoms with van der Waals surface area (Å²) in [7, 11) is 3.19. The van der Waals surface area contributed by atoms with Crippen LogP contribution >= 0.6 is 0 Å². The van der Waals surface area contributed by atoms with Gasteiger partial charge in [0.2, 0.25) is 0 Å². The van der Waals surface area contributed by atoms with Crippen LogP contribution in [0.3, 0.4) is 0 Å². The third-order valence-corrected chi connectivity index (χ3v) is 6.80. The van der Waals surface area contributed by atoms with Crippen molar-refractivity contribution in [1.29, 1.82) is 0 Å². The molecule has 33 heavy (non-hydrogen) atoms. The van der Waals surface area contributed by atoms with Crippen LogP contribution in [0.2, 0.25) is 0 Å². The fourth-order valence-corrected chi connectivity index (χ4v) is 5.05. The van der Waals surface area contributed by atoms with E-state index >= 15 is 0 Å². The number of likely N-dealkylation sites (tertiary alicyclic amines) is 1. The number of carbonyl (C=O) groups is 2. The third-order valence-electron chi connectivity index (χ3n) is 6.80. The first kappa shape index (κ1) is 23.3. The Hall–Kier alpha value is -2.84. The van der Waals surface area contributed by atoms with Gasteiger partial charge in [-0.3, -0.25) is 14.6 Å². The summed E-state index contributed by atoms with van der Waals surface area (Å²) in [6.07, 6.45) is 2.06. The molecule has 2 aliphatic rings. The van der Waals surface area contributed by atoms with Crippen molar-refractivity contribution in [2.75, 3.05) is 40.5 Å². The molecule has 1 aromatic carbocycles. The number of imide groups is 1. The molecule has 3 heterocycles. The molecule has 1 atom stereocenters. The highest BCUT2D eigenvalue weighted by atomic mass is 16.5. The minimum atomic E-state index is -0.968. The SMILES string of the molecule is COCCN1C(=O)NC(Cc2cccc(OC)c2)(C2CCN(Cc3ccc(C)o3)CC2)C1=O. The first-order valence-corrected chi connectivity index (χ1v) is 11.5. The molecule has 2 fully saturated rings. The molecule has 2 aliphatic heterocycles. The van der Waals surface area contributed by atoms with Gasteiger partial charge in [-0.15, -0.1) is 0 Å². The number of carbonyl (C=O) groups excluding carboxylic acids is 2. The molecule has 8 nitrogen and oxygen atoms in total. The Morgan fingerprint density at radius 3 is 2.61 bits per heavy atom. The number of aryl methyl sites for hydroxylation is 1. The van der Waals surface area contributed by atoms with Crippen molar-refractivity contribution in [2.24, 2.45) is 5.92 Å². The average molecular weight is 456 g/mol. The van der Waals surface area contributed by atoms with E-state index < -0.39 is 5.54 Å². The van der Waals surface area contributed by atoms with E-state index in [-0.39, 0.29) is 24.4 Å². The van der Waals surface area contributed by atoms with Crippen molar-refractivity contribution >= 4 is 11.9 Å². The van der Waals surface area contributed by atoms with Gasteiger partial charge in [0.25, 0.3) is 5.91 Å². The van der Waals surface area contributed by atoms with Gasteiger partial charge in [0.05, 0.1) is 26.8 Å². The number of benzene rings is 1. The summed E-state index contributed by atoms with van der Waals surface area (Å²) >= 11 is 0. The molecule has 2 aromatic rings. The van der Waals surface area contributed by atoms with Crippen LogP contribution in [0.5, 0.6) is 5.75 Å². The maximum atomic E-state index is 13.7. The predicted molar refractivity (Wildman–Crippen MR) is 123 cm³/mol. The second-order valence-electron chi connectivity index (χ2n) is 8.94. The van der Waals surface area contributed by atoms with Crippen LogP contribution in [-0.4, -0.2) is 67.7 Å². The number of nitrogens with one attached hydrogen (secondary N) is 1. The van der Waals surface area contributed by atoms with Crippen LogP contribution in [0.4, 0.5) is 4.79 Å². The topological polar surface area (TPSA) is 84.2 Å². The zero-order chi connectivity index (χ0) is 23.4. The average Bonchev–Trinajstić information content (AvgIpc) is 3.33. The molecular formula is C25H33N3O5. The summed E-state index contributed by atoms with van der Waals surface area (Å²) in [5.74, 6) is 2.47. The first-order chi connectivity index (χ1) is 15.9. The van der Waals surface area contributed by atoms with Crippen molar-refractivity contribution in [3.05, 3.63) is 53.5 Å². The zero-order valence-corrected chi connectivity index (χ0v) is 19.6. The van der Waals surface area contributed by atoms with Crippen molar-refractivity contribution in [2.45, 2.75) is 38.3 Å². The van der Waals surface area contributed by atoms with E-state index in [2.05, 4.69) is 10.2 Å². The van der Waals surface area contributed by atoms with Gasteiger partial charge >= 0.3 is 6.03 Å². The highest BCUT2D eigenvalue weighted by Crippen LogP contribution is 2.37. The molecule has 8 heteroatoms. The summed E-state index contributed by atoms with van der Waals surface area (Å²) in [5, 5.41) is 3.10. The van der Waals surface area contributed by atoms with Gasteiger partial charge in [-0.25, -0.2) is 4.79 Å².